The van der Waals surface area contributed by atoms with Gasteiger partial charge in [0.25, 0.3) is 0 Å². The molecule has 3 nitrogen and oxygen atoms in total. The molecule has 1 fully saturated rings. The second-order valence-corrected chi connectivity index (χ2v) is 4.74. The summed E-state index contributed by atoms with van der Waals surface area (Å²) >= 11 is 0. The Labute approximate surface area is 106 Å². The monoisotopic (exact) mass is 248 g/mol. The summed E-state index contributed by atoms with van der Waals surface area (Å²) in [6.45, 7) is 0.497. The van der Waals surface area contributed by atoms with Crippen molar-refractivity contribution in [1.82, 2.24) is 9.78 Å². The molecule has 1 aliphatic rings. The van der Waals surface area contributed by atoms with E-state index in [4.69, 9.17) is 4.74 Å². The molecule has 1 atom stereocenters. The highest BCUT2D eigenvalue weighted by Gasteiger charge is 2.18. The molecule has 1 aliphatic heterocycles. The Hall–Kier alpha value is -1.42. The topological polar surface area (TPSA) is 27.1 Å². The van der Waals surface area contributed by atoms with Crippen LogP contribution in [0.1, 0.15) is 31.1 Å². The molecule has 1 saturated heterocycles. The van der Waals surface area contributed by atoms with Crippen molar-refractivity contribution in [2.24, 2.45) is 0 Å². The Morgan fingerprint density at radius 1 is 1.39 bits per heavy atom. The van der Waals surface area contributed by atoms with Gasteiger partial charge in [-0.2, -0.15) is 5.10 Å². The predicted octanol–water partition coefficient (Wildman–Crippen LogP) is 3.25. The zero-order valence-corrected chi connectivity index (χ0v) is 10.3. The van der Waals surface area contributed by atoms with Crippen molar-refractivity contribution >= 4 is 10.9 Å². The van der Waals surface area contributed by atoms with Crippen LogP contribution in [-0.4, -0.2) is 23.1 Å². The summed E-state index contributed by atoms with van der Waals surface area (Å²) < 4.78 is 20.0. The highest BCUT2D eigenvalue weighted by Crippen LogP contribution is 2.26. The molecule has 2 heterocycles. The van der Waals surface area contributed by atoms with Gasteiger partial charge in [0.15, 0.2) is 6.23 Å². The van der Waals surface area contributed by atoms with Crippen LogP contribution in [0.25, 0.3) is 10.9 Å². The van der Waals surface area contributed by atoms with Gasteiger partial charge in [0, 0.05) is 18.4 Å². The molecule has 1 aromatic heterocycles. The van der Waals surface area contributed by atoms with Gasteiger partial charge < -0.3 is 4.74 Å². The lowest BCUT2D eigenvalue weighted by atomic mass is 10.1. The minimum atomic E-state index is -0.314. The summed E-state index contributed by atoms with van der Waals surface area (Å²) in [4.78, 5) is 0. The van der Waals surface area contributed by atoms with Crippen molar-refractivity contribution in [1.29, 1.82) is 0 Å². The summed E-state index contributed by atoms with van der Waals surface area (Å²) in [6.07, 6.45) is 5.71. The van der Waals surface area contributed by atoms with E-state index in [0.717, 1.165) is 35.9 Å². The molecule has 4 heteroatoms. The van der Waals surface area contributed by atoms with E-state index in [0.29, 0.717) is 6.42 Å². The lowest BCUT2D eigenvalue weighted by molar-refractivity contribution is -0.0366. The first-order valence-electron chi connectivity index (χ1n) is 6.52. The summed E-state index contributed by atoms with van der Waals surface area (Å²) in [6, 6.07) is 6.01. The molecule has 18 heavy (non-hydrogen) atoms. The fourth-order valence-corrected chi connectivity index (χ4v) is 2.51. The van der Waals surface area contributed by atoms with Crippen molar-refractivity contribution in [3.8, 4) is 0 Å². The van der Waals surface area contributed by atoms with E-state index >= 15 is 0 Å². The zero-order chi connectivity index (χ0) is 12.4. The Morgan fingerprint density at radius 2 is 2.33 bits per heavy atom. The molecular formula is C14H17FN2O. The molecule has 0 bridgehead atoms. The standard InChI is InChI=1S/C14H17FN2O/c15-7-6-11-4-5-13-12(9-11)10-16-17(13)14-3-1-2-8-18-14/h4-5,9-10,14H,1-3,6-8H2. The van der Waals surface area contributed by atoms with Gasteiger partial charge in [0.2, 0.25) is 0 Å². The summed E-state index contributed by atoms with van der Waals surface area (Å²) in [5.74, 6) is 0. The first kappa shape index (κ1) is 11.7. The van der Waals surface area contributed by atoms with Crippen LogP contribution in [-0.2, 0) is 11.2 Å². The van der Waals surface area contributed by atoms with Gasteiger partial charge in [0.1, 0.15) is 0 Å². The normalized spacial score (nSPS) is 20.4. The largest absolute Gasteiger partial charge is 0.356 e. The molecule has 0 aliphatic carbocycles. The SMILES string of the molecule is FCCc1ccc2c(cnn2C2CCCCO2)c1. The maximum Gasteiger partial charge on any atom is 0.150 e. The number of aromatic nitrogens is 2. The molecule has 1 unspecified atom stereocenters. The maximum absolute atomic E-state index is 12.3. The quantitative estimate of drug-likeness (QED) is 0.833. The van der Waals surface area contributed by atoms with Gasteiger partial charge in [-0.3, -0.25) is 4.39 Å². The van der Waals surface area contributed by atoms with Crippen molar-refractivity contribution in [3.05, 3.63) is 30.0 Å². The van der Waals surface area contributed by atoms with Gasteiger partial charge in [-0.15, -0.1) is 0 Å². The van der Waals surface area contributed by atoms with Crippen molar-refractivity contribution < 1.29 is 9.13 Å². The predicted molar refractivity (Wildman–Crippen MR) is 68.3 cm³/mol. The first-order valence-corrected chi connectivity index (χ1v) is 6.52. The van der Waals surface area contributed by atoms with Gasteiger partial charge >= 0.3 is 0 Å². The molecule has 0 N–H and O–H groups in total. The lowest BCUT2D eigenvalue weighted by Crippen LogP contribution is -2.18. The Kier molecular flexibility index (Phi) is 3.28. The van der Waals surface area contributed by atoms with E-state index in [9.17, 15) is 4.39 Å². The van der Waals surface area contributed by atoms with Crippen LogP contribution in [0.3, 0.4) is 0 Å². The second kappa shape index (κ2) is 5.06. The highest BCUT2D eigenvalue weighted by molar-refractivity contribution is 5.79. The molecule has 2 aromatic rings. The first-order chi connectivity index (χ1) is 8.88. The number of aryl methyl sites for hydroxylation is 1. The van der Waals surface area contributed by atoms with E-state index < -0.39 is 0 Å². The average Bonchev–Trinajstić information content (AvgIpc) is 2.83. The zero-order valence-electron chi connectivity index (χ0n) is 10.3. The summed E-state index contributed by atoms with van der Waals surface area (Å²) in [7, 11) is 0. The van der Waals surface area contributed by atoms with Crippen molar-refractivity contribution in [2.75, 3.05) is 13.3 Å². The summed E-state index contributed by atoms with van der Waals surface area (Å²) in [5.41, 5.74) is 2.10. The van der Waals surface area contributed by atoms with Crippen LogP contribution in [0.5, 0.6) is 0 Å². The number of nitrogens with zero attached hydrogens (tertiary/aromatic N) is 2. The number of benzene rings is 1. The van der Waals surface area contributed by atoms with Gasteiger partial charge in [0.05, 0.1) is 18.4 Å². The van der Waals surface area contributed by atoms with E-state index in [1.54, 1.807) is 0 Å². The number of fused-ring (bicyclic) bond motifs is 1. The molecule has 0 saturated carbocycles. The van der Waals surface area contributed by atoms with Gasteiger partial charge in [-0.25, -0.2) is 4.68 Å². The van der Waals surface area contributed by atoms with Crippen LogP contribution in [0.15, 0.2) is 24.4 Å². The maximum atomic E-state index is 12.3. The fourth-order valence-electron chi connectivity index (χ4n) is 2.51. The highest BCUT2D eigenvalue weighted by atomic mass is 19.1. The third-order valence-corrected chi connectivity index (χ3v) is 3.47. The van der Waals surface area contributed by atoms with Crippen molar-refractivity contribution in [2.45, 2.75) is 31.9 Å². The average molecular weight is 248 g/mol. The minimum absolute atomic E-state index is 0.0586. The van der Waals surface area contributed by atoms with E-state index in [1.807, 2.05) is 29.1 Å². The summed E-state index contributed by atoms with van der Waals surface area (Å²) in [5, 5.41) is 5.48. The molecule has 0 spiro atoms. The van der Waals surface area contributed by atoms with E-state index in [2.05, 4.69) is 5.10 Å². The molecule has 0 amide bonds. The Bertz CT molecular complexity index is 532. The number of hydrogen-bond donors (Lipinski definition) is 0. The van der Waals surface area contributed by atoms with E-state index in [-0.39, 0.29) is 12.9 Å². The molecule has 96 valence electrons. The van der Waals surface area contributed by atoms with Crippen LogP contribution >= 0.6 is 0 Å². The van der Waals surface area contributed by atoms with Crippen molar-refractivity contribution in [3.63, 3.8) is 0 Å². The van der Waals surface area contributed by atoms with E-state index in [1.165, 1.54) is 6.42 Å². The number of halogens is 1. The number of alkyl halides is 1. The molecular weight excluding hydrogens is 231 g/mol. The Balaban J connectivity index is 1.93. The Morgan fingerprint density at radius 3 is 3.11 bits per heavy atom. The van der Waals surface area contributed by atoms with Gasteiger partial charge in [-0.1, -0.05) is 6.07 Å². The van der Waals surface area contributed by atoms with Crippen LogP contribution < -0.4 is 0 Å². The number of ether oxygens (including phenoxy) is 1. The molecule has 3 rings (SSSR count). The molecule has 1 aromatic carbocycles. The third-order valence-electron chi connectivity index (χ3n) is 3.47. The number of hydrogen-bond acceptors (Lipinski definition) is 2. The minimum Gasteiger partial charge on any atom is -0.356 e. The van der Waals surface area contributed by atoms with Crippen LogP contribution in [0.2, 0.25) is 0 Å². The number of rotatable bonds is 3. The van der Waals surface area contributed by atoms with Gasteiger partial charge in [-0.05, 0) is 37.0 Å². The third kappa shape index (κ3) is 2.12. The second-order valence-electron chi connectivity index (χ2n) is 4.74. The van der Waals surface area contributed by atoms with Crippen LogP contribution in [0, 0.1) is 0 Å². The smallest absolute Gasteiger partial charge is 0.150 e. The fraction of sp³-hybridized carbons (Fsp3) is 0.500. The lowest BCUT2D eigenvalue weighted by Gasteiger charge is -2.23. The van der Waals surface area contributed by atoms with Crippen LogP contribution in [0.4, 0.5) is 4.39 Å². The molecule has 0 radical (unpaired) electrons.